The van der Waals surface area contributed by atoms with Crippen LogP contribution >= 0.6 is 0 Å². The SMILES string of the molecule is CCCC1CCC(OOC(C)(C)C)C(OOC(C)(C)C)C1. The van der Waals surface area contributed by atoms with Gasteiger partial charge in [-0.2, -0.15) is 0 Å². The van der Waals surface area contributed by atoms with Crippen molar-refractivity contribution in [2.75, 3.05) is 0 Å². The van der Waals surface area contributed by atoms with Crippen molar-refractivity contribution in [3.05, 3.63) is 0 Å². The topological polar surface area (TPSA) is 36.9 Å². The molecule has 4 nitrogen and oxygen atoms in total. The molecule has 0 amide bonds. The van der Waals surface area contributed by atoms with E-state index < -0.39 is 0 Å². The Balaban J connectivity index is 2.57. The van der Waals surface area contributed by atoms with Crippen molar-refractivity contribution in [1.82, 2.24) is 0 Å². The summed E-state index contributed by atoms with van der Waals surface area (Å²) >= 11 is 0. The summed E-state index contributed by atoms with van der Waals surface area (Å²) in [5, 5.41) is 0. The zero-order valence-corrected chi connectivity index (χ0v) is 14.9. The van der Waals surface area contributed by atoms with Crippen LogP contribution in [0.1, 0.15) is 80.6 Å². The smallest absolute Gasteiger partial charge is 0.122 e. The summed E-state index contributed by atoms with van der Waals surface area (Å²) in [6.07, 6.45) is 5.43. The van der Waals surface area contributed by atoms with Gasteiger partial charge >= 0.3 is 0 Å². The van der Waals surface area contributed by atoms with Crippen molar-refractivity contribution in [1.29, 1.82) is 0 Å². The lowest BCUT2D eigenvalue weighted by Crippen LogP contribution is -2.41. The molecule has 0 radical (unpaired) electrons. The van der Waals surface area contributed by atoms with Crippen LogP contribution in [0.25, 0.3) is 0 Å². The second-order valence-corrected chi connectivity index (χ2v) is 8.13. The van der Waals surface area contributed by atoms with E-state index in [9.17, 15) is 0 Å². The Morgan fingerprint density at radius 1 is 0.810 bits per heavy atom. The highest BCUT2D eigenvalue weighted by Crippen LogP contribution is 2.33. The molecule has 0 aliphatic heterocycles. The minimum Gasteiger partial charge on any atom is -0.231 e. The summed E-state index contributed by atoms with van der Waals surface area (Å²) in [6.45, 7) is 14.1. The van der Waals surface area contributed by atoms with Gasteiger partial charge in [-0.3, -0.25) is 0 Å². The molecule has 0 heterocycles. The van der Waals surface area contributed by atoms with Crippen LogP contribution in [-0.4, -0.2) is 23.4 Å². The van der Waals surface area contributed by atoms with E-state index in [-0.39, 0.29) is 23.4 Å². The van der Waals surface area contributed by atoms with Crippen molar-refractivity contribution in [2.24, 2.45) is 5.92 Å². The van der Waals surface area contributed by atoms with Gasteiger partial charge in [0.1, 0.15) is 12.2 Å². The van der Waals surface area contributed by atoms with Crippen molar-refractivity contribution >= 4 is 0 Å². The zero-order chi connectivity index (χ0) is 16.1. The van der Waals surface area contributed by atoms with E-state index >= 15 is 0 Å². The van der Waals surface area contributed by atoms with Crippen LogP contribution in [0.2, 0.25) is 0 Å². The van der Waals surface area contributed by atoms with Crippen molar-refractivity contribution in [3.8, 4) is 0 Å². The quantitative estimate of drug-likeness (QED) is 0.521. The van der Waals surface area contributed by atoms with Gasteiger partial charge in [-0.1, -0.05) is 19.8 Å². The maximum absolute atomic E-state index is 5.70. The first-order valence-electron chi connectivity index (χ1n) is 8.29. The fourth-order valence-electron chi connectivity index (χ4n) is 2.48. The molecule has 0 aromatic rings. The molecule has 3 unspecified atom stereocenters. The first-order valence-corrected chi connectivity index (χ1v) is 8.29. The highest BCUT2D eigenvalue weighted by atomic mass is 17.2. The molecule has 4 heteroatoms. The third-order valence-electron chi connectivity index (χ3n) is 3.38. The van der Waals surface area contributed by atoms with Crippen molar-refractivity contribution < 1.29 is 19.6 Å². The molecule has 3 atom stereocenters. The van der Waals surface area contributed by atoms with Gasteiger partial charge in [0.05, 0.1) is 11.2 Å². The number of rotatable bonds is 6. The van der Waals surface area contributed by atoms with Crippen LogP contribution < -0.4 is 0 Å². The third kappa shape index (κ3) is 8.15. The Morgan fingerprint density at radius 3 is 1.81 bits per heavy atom. The van der Waals surface area contributed by atoms with Gasteiger partial charge in [-0.25, -0.2) is 19.6 Å². The number of hydrogen-bond donors (Lipinski definition) is 0. The largest absolute Gasteiger partial charge is 0.231 e. The Hall–Kier alpha value is -0.160. The van der Waals surface area contributed by atoms with Gasteiger partial charge in [0.25, 0.3) is 0 Å². The highest BCUT2D eigenvalue weighted by molar-refractivity contribution is 4.81. The van der Waals surface area contributed by atoms with Gasteiger partial charge in [0.2, 0.25) is 0 Å². The molecule has 1 fully saturated rings. The molecule has 0 aromatic heterocycles. The maximum atomic E-state index is 5.70. The molecule has 1 rings (SSSR count). The predicted octanol–water partition coefficient (Wildman–Crippen LogP) is 4.82. The summed E-state index contributed by atoms with van der Waals surface area (Å²) in [6, 6.07) is 0. The summed E-state index contributed by atoms with van der Waals surface area (Å²) in [5.74, 6) is 0.693. The first-order chi connectivity index (χ1) is 9.61. The monoisotopic (exact) mass is 302 g/mol. The van der Waals surface area contributed by atoms with Crippen LogP contribution in [0.5, 0.6) is 0 Å². The molecule has 1 aliphatic carbocycles. The van der Waals surface area contributed by atoms with E-state index in [0.29, 0.717) is 5.92 Å². The molecular weight excluding hydrogens is 268 g/mol. The minimum absolute atomic E-state index is 0.0559. The van der Waals surface area contributed by atoms with Crippen molar-refractivity contribution in [3.63, 3.8) is 0 Å². The summed E-state index contributed by atoms with van der Waals surface area (Å²) < 4.78 is 0. The second-order valence-electron chi connectivity index (χ2n) is 8.13. The zero-order valence-electron chi connectivity index (χ0n) is 14.9. The van der Waals surface area contributed by atoms with E-state index in [1.807, 2.05) is 41.5 Å². The normalized spacial score (nSPS) is 27.9. The molecule has 0 saturated heterocycles. The predicted molar refractivity (Wildman–Crippen MR) is 83.7 cm³/mol. The summed E-state index contributed by atoms with van der Waals surface area (Å²) in [7, 11) is 0. The van der Waals surface area contributed by atoms with E-state index in [4.69, 9.17) is 19.6 Å². The Bertz CT molecular complexity index is 290. The molecule has 1 aliphatic rings. The molecule has 0 N–H and O–H groups in total. The lowest BCUT2D eigenvalue weighted by atomic mass is 9.83. The molecule has 0 spiro atoms. The van der Waals surface area contributed by atoms with Gasteiger partial charge < -0.3 is 0 Å². The summed E-state index contributed by atoms with van der Waals surface area (Å²) in [4.78, 5) is 22.4. The van der Waals surface area contributed by atoms with Gasteiger partial charge in [0, 0.05) is 0 Å². The van der Waals surface area contributed by atoms with Gasteiger partial charge in [-0.15, -0.1) is 0 Å². The molecule has 21 heavy (non-hydrogen) atoms. The molecule has 126 valence electrons. The fraction of sp³-hybridized carbons (Fsp3) is 1.00. The average Bonchev–Trinajstić information content (AvgIpc) is 2.33. The highest BCUT2D eigenvalue weighted by Gasteiger charge is 2.35. The first kappa shape index (κ1) is 18.9. The third-order valence-corrected chi connectivity index (χ3v) is 3.38. The maximum Gasteiger partial charge on any atom is 0.122 e. The summed E-state index contributed by atoms with van der Waals surface area (Å²) in [5.41, 5.74) is -0.622. The van der Waals surface area contributed by atoms with Gasteiger partial charge in [-0.05, 0) is 66.7 Å². The molecule has 1 saturated carbocycles. The minimum atomic E-state index is -0.312. The standard InChI is InChI=1S/C17H34O4/c1-8-9-13-10-11-14(18-20-16(2,3)4)15(12-13)19-21-17(5,6)7/h13-15H,8-12H2,1-7H3. The van der Waals surface area contributed by atoms with Crippen LogP contribution in [0.3, 0.4) is 0 Å². The van der Waals surface area contributed by atoms with Crippen molar-refractivity contribution in [2.45, 2.75) is 104 Å². The van der Waals surface area contributed by atoms with E-state index in [0.717, 1.165) is 12.8 Å². The van der Waals surface area contributed by atoms with Crippen LogP contribution in [-0.2, 0) is 19.6 Å². The van der Waals surface area contributed by atoms with Crippen LogP contribution in [0, 0.1) is 5.92 Å². The van der Waals surface area contributed by atoms with E-state index in [2.05, 4.69) is 6.92 Å². The fourth-order valence-corrected chi connectivity index (χ4v) is 2.48. The average molecular weight is 302 g/mol. The van der Waals surface area contributed by atoms with E-state index in [1.54, 1.807) is 0 Å². The lowest BCUT2D eigenvalue weighted by molar-refractivity contribution is -0.436. The molecular formula is C17H34O4. The Morgan fingerprint density at radius 2 is 1.33 bits per heavy atom. The lowest BCUT2D eigenvalue weighted by Gasteiger charge is -2.36. The number of hydrogen-bond acceptors (Lipinski definition) is 4. The van der Waals surface area contributed by atoms with E-state index in [1.165, 1.54) is 19.3 Å². The Labute approximate surface area is 130 Å². The Kier molecular flexibility index (Phi) is 7.11. The van der Waals surface area contributed by atoms with Crippen LogP contribution in [0.4, 0.5) is 0 Å². The van der Waals surface area contributed by atoms with Crippen LogP contribution in [0.15, 0.2) is 0 Å². The molecule has 0 bridgehead atoms. The molecule has 0 aromatic carbocycles. The van der Waals surface area contributed by atoms with Gasteiger partial charge in [0.15, 0.2) is 0 Å². The second kappa shape index (κ2) is 7.91.